The highest BCUT2D eigenvalue weighted by Crippen LogP contribution is 2.38. The molecule has 232 valence electrons. The molecule has 1 atom stereocenters. The molecule has 0 saturated carbocycles. The van der Waals surface area contributed by atoms with Gasteiger partial charge in [0.2, 0.25) is 0 Å². The highest BCUT2D eigenvalue weighted by molar-refractivity contribution is 6.30. The predicted molar refractivity (Wildman–Crippen MR) is 164 cm³/mol. The fraction of sp³-hybridized carbons (Fsp3) is 0.121. The molecule has 1 unspecified atom stereocenters. The molecular formula is C33H24ClF2N5O5. The third kappa shape index (κ3) is 5.59. The van der Waals surface area contributed by atoms with Crippen molar-refractivity contribution in [3.8, 4) is 16.8 Å². The summed E-state index contributed by atoms with van der Waals surface area (Å²) >= 11 is 5.91. The smallest absolute Gasteiger partial charge is 0.335 e. The average Bonchev–Trinajstić information content (AvgIpc) is 3.55. The number of rotatable bonds is 7. The summed E-state index contributed by atoms with van der Waals surface area (Å²) in [6.07, 6.45) is 1.48. The number of amides is 2. The Hall–Kier alpha value is -5.46. The van der Waals surface area contributed by atoms with E-state index in [1.54, 1.807) is 30.3 Å². The highest BCUT2D eigenvalue weighted by atomic mass is 35.5. The lowest BCUT2D eigenvalue weighted by molar-refractivity contribution is -0.121. The first kappa shape index (κ1) is 30.6. The summed E-state index contributed by atoms with van der Waals surface area (Å²) in [6, 6.07) is 18.3. The van der Waals surface area contributed by atoms with Crippen LogP contribution in [0, 0.1) is 11.6 Å². The van der Waals surface area contributed by atoms with Gasteiger partial charge in [-0.3, -0.25) is 9.59 Å². The quantitative estimate of drug-likeness (QED) is 0.215. The van der Waals surface area contributed by atoms with Gasteiger partial charge in [-0.05, 0) is 59.5 Å². The minimum absolute atomic E-state index is 0.0221. The zero-order chi connectivity index (χ0) is 32.5. The van der Waals surface area contributed by atoms with Crippen LogP contribution in [0.1, 0.15) is 43.6 Å². The molecule has 0 bridgehead atoms. The Kier molecular flexibility index (Phi) is 8.31. The molecule has 2 amide bonds. The van der Waals surface area contributed by atoms with Gasteiger partial charge < -0.3 is 20.4 Å². The number of carboxylic acids is 1. The van der Waals surface area contributed by atoms with Crippen LogP contribution >= 0.6 is 11.6 Å². The van der Waals surface area contributed by atoms with E-state index < -0.39 is 42.1 Å². The van der Waals surface area contributed by atoms with Gasteiger partial charge in [-0.15, -0.1) is 5.10 Å². The number of halogens is 3. The lowest BCUT2D eigenvalue weighted by atomic mass is 9.85. The monoisotopic (exact) mass is 643 g/mol. The fourth-order valence-corrected chi connectivity index (χ4v) is 5.71. The number of fused-ring (bicyclic) bond motifs is 1. The average molecular weight is 644 g/mol. The molecule has 1 aliphatic rings. The van der Waals surface area contributed by atoms with E-state index in [9.17, 15) is 29.0 Å². The van der Waals surface area contributed by atoms with Crippen LogP contribution in [0.15, 0.2) is 85.1 Å². The summed E-state index contributed by atoms with van der Waals surface area (Å²) in [5, 5.41) is 29.3. The summed E-state index contributed by atoms with van der Waals surface area (Å²) in [5.74, 6) is -3.77. The summed E-state index contributed by atoms with van der Waals surface area (Å²) < 4.78 is 31.1. The van der Waals surface area contributed by atoms with Crippen LogP contribution in [0.5, 0.6) is 0 Å². The number of aliphatic hydroxyl groups is 1. The number of carbonyl (C=O) groups excluding carboxylic acids is 2. The Morgan fingerprint density at radius 1 is 0.935 bits per heavy atom. The first-order valence-electron chi connectivity index (χ1n) is 14.0. The van der Waals surface area contributed by atoms with Crippen LogP contribution in [0.25, 0.3) is 16.8 Å². The molecule has 0 saturated heterocycles. The van der Waals surface area contributed by atoms with Crippen molar-refractivity contribution in [2.24, 2.45) is 0 Å². The van der Waals surface area contributed by atoms with Crippen LogP contribution in [0.4, 0.5) is 14.5 Å². The van der Waals surface area contributed by atoms with Crippen molar-refractivity contribution in [3.05, 3.63) is 130 Å². The van der Waals surface area contributed by atoms with Crippen molar-refractivity contribution in [1.82, 2.24) is 19.9 Å². The molecule has 2 heterocycles. The number of carboxylic acid groups (broad SMARTS) is 1. The van der Waals surface area contributed by atoms with Crippen molar-refractivity contribution in [3.63, 3.8) is 0 Å². The number of hydrogen-bond donors (Lipinski definition) is 3. The maximum atomic E-state index is 15.4. The van der Waals surface area contributed by atoms with E-state index in [2.05, 4.69) is 15.6 Å². The third-order valence-electron chi connectivity index (χ3n) is 7.76. The molecule has 1 aromatic heterocycles. The van der Waals surface area contributed by atoms with E-state index in [1.165, 1.54) is 59.6 Å². The molecule has 0 spiro atoms. The SMILES string of the molecule is O=C(O)c1ccc(NC(=O)C2c3cccc(-c4cccc(CO)c4F)c3CCN2C(=O)c2cn(-c3cccc(Cl)c3F)nn2)cc1. The summed E-state index contributed by atoms with van der Waals surface area (Å²) in [6.45, 7) is -0.471. The van der Waals surface area contributed by atoms with Gasteiger partial charge in [0.15, 0.2) is 11.5 Å². The van der Waals surface area contributed by atoms with E-state index in [0.29, 0.717) is 16.7 Å². The fourth-order valence-electron chi connectivity index (χ4n) is 5.54. The summed E-state index contributed by atoms with van der Waals surface area (Å²) in [7, 11) is 0. The lowest BCUT2D eigenvalue weighted by Gasteiger charge is -2.37. The van der Waals surface area contributed by atoms with E-state index in [4.69, 9.17) is 11.6 Å². The molecule has 46 heavy (non-hydrogen) atoms. The van der Waals surface area contributed by atoms with Crippen molar-refractivity contribution in [2.45, 2.75) is 19.1 Å². The van der Waals surface area contributed by atoms with Gasteiger partial charge in [0.25, 0.3) is 11.8 Å². The summed E-state index contributed by atoms with van der Waals surface area (Å²) in [4.78, 5) is 40.5. The van der Waals surface area contributed by atoms with Crippen LogP contribution in [0.2, 0.25) is 5.02 Å². The Bertz CT molecular complexity index is 2000. The number of anilines is 1. The molecule has 5 aromatic rings. The molecule has 0 radical (unpaired) electrons. The Morgan fingerprint density at radius 3 is 2.39 bits per heavy atom. The summed E-state index contributed by atoms with van der Waals surface area (Å²) in [5.41, 5.74) is 2.03. The van der Waals surface area contributed by atoms with Crippen molar-refractivity contribution in [1.29, 1.82) is 0 Å². The molecule has 0 fully saturated rings. The number of nitrogens with one attached hydrogen (secondary N) is 1. The van der Waals surface area contributed by atoms with Gasteiger partial charge in [-0.1, -0.05) is 59.3 Å². The van der Waals surface area contributed by atoms with Crippen LogP contribution in [0.3, 0.4) is 0 Å². The van der Waals surface area contributed by atoms with Gasteiger partial charge in [0.05, 0.1) is 23.4 Å². The first-order chi connectivity index (χ1) is 22.2. The Balaban J connectivity index is 1.41. The number of carbonyl (C=O) groups is 3. The number of nitrogens with zero attached hydrogens (tertiary/aromatic N) is 4. The molecule has 0 aliphatic carbocycles. The number of aromatic carboxylic acids is 1. The van der Waals surface area contributed by atoms with Crippen LogP contribution < -0.4 is 5.32 Å². The maximum Gasteiger partial charge on any atom is 0.335 e. The standard InChI is InChI=1S/C33H24ClF2N5O5/c34-25-8-3-9-27(29(25)36)41-16-26(38-39-41)32(44)40-15-14-22-21(23-6-1-4-19(17-42)28(23)35)5-2-7-24(22)30(40)31(43)37-20-12-10-18(11-13-20)33(45)46/h1-13,16,30,42H,14-15,17H2,(H,37,43)(H,45,46). The molecule has 3 N–H and O–H groups in total. The second kappa shape index (κ2) is 12.5. The van der Waals surface area contributed by atoms with E-state index in [-0.39, 0.29) is 51.7 Å². The minimum Gasteiger partial charge on any atom is -0.478 e. The molecule has 6 rings (SSSR count). The van der Waals surface area contributed by atoms with Crippen molar-refractivity contribution < 1.29 is 33.4 Å². The normalized spacial score (nSPS) is 14.1. The van der Waals surface area contributed by atoms with Crippen molar-refractivity contribution >= 4 is 35.1 Å². The van der Waals surface area contributed by atoms with Crippen molar-refractivity contribution in [2.75, 3.05) is 11.9 Å². The van der Waals surface area contributed by atoms with Crippen LogP contribution in [-0.2, 0) is 17.8 Å². The maximum absolute atomic E-state index is 15.4. The second-order valence-electron chi connectivity index (χ2n) is 10.5. The second-order valence-corrected chi connectivity index (χ2v) is 10.9. The molecular weight excluding hydrogens is 620 g/mol. The van der Waals surface area contributed by atoms with Gasteiger partial charge in [-0.2, -0.15) is 0 Å². The zero-order valence-corrected chi connectivity index (χ0v) is 24.6. The number of hydrogen-bond acceptors (Lipinski definition) is 6. The zero-order valence-electron chi connectivity index (χ0n) is 23.8. The molecule has 4 aromatic carbocycles. The van der Waals surface area contributed by atoms with Gasteiger partial charge in [-0.25, -0.2) is 18.3 Å². The lowest BCUT2D eigenvalue weighted by Crippen LogP contribution is -2.45. The van der Waals surface area contributed by atoms with E-state index >= 15 is 4.39 Å². The minimum atomic E-state index is -1.23. The number of aliphatic hydroxyl groups excluding tert-OH is 1. The topological polar surface area (TPSA) is 138 Å². The molecule has 13 heteroatoms. The van der Waals surface area contributed by atoms with Gasteiger partial charge in [0.1, 0.15) is 17.5 Å². The van der Waals surface area contributed by atoms with E-state index in [1.807, 2.05) is 0 Å². The Labute approximate surface area is 265 Å². The third-order valence-corrected chi connectivity index (χ3v) is 8.05. The number of benzene rings is 4. The van der Waals surface area contributed by atoms with Crippen LogP contribution in [-0.4, -0.2) is 54.4 Å². The van der Waals surface area contributed by atoms with Gasteiger partial charge >= 0.3 is 5.97 Å². The van der Waals surface area contributed by atoms with Gasteiger partial charge in [0, 0.05) is 23.4 Å². The number of aromatic nitrogens is 3. The first-order valence-corrected chi connectivity index (χ1v) is 14.4. The Morgan fingerprint density at radius 2 is 1.65 bits per heavy atom. The molecule has 10 nitrogen and oxygen atoms in total. The molecule has 1 aliphatic heterocycles. The predicted octanol–water partition coefficient (Wildman–Crippen LogP) is 5.43. The highest BCUT2D eigenvalue weighted by Gasteiger charge is 2.38. The largest absolute Gasteiger partial charge is 0.478 e. The van der Waals surface area contributed by atoms with E-state index in [0.717, 1.165) is 4.68 Å².